The van der Waals surface area contributed by atoms with Crippen molar-refractivity contribution in [1.82, 2.24) is 5.32 Å². The average molecular weight is 327 g/mol. The highest BCUT2D eigenvalue weighted by atomic mass is 35.5. The van der Waals surface area contributed by atoms with Crippen molar-refractivity contribution in [1.29, 1.82) is 0 Å². The third-order valence-electron chi connectivity index (χ3n) is 2.75. The quantitative estimate of drug-likeness (QED) is 0.652. The van der Waals surface area contributed by atoms with Gasteiger partial charge < -0.3 is 10.1 Å². The number of benzene rings is 2. The third-order valence-corrected chi connectivity index (χ3v) is 3.41. The number of ether oxygens (including phenoxy) is 1. The van der Waals surface area contributed by atoms with E-state index in [-0.39, 0.29) is 16.5 Å². The van der Waals surface area contributed by atoms with Crippen molar-refractivity contribution in [3.05, 3.63) is 62.1 Å². The van der Waals surface area contributed by atoms with Crippen molar-refractivity contribution >= 4 is 28.9 Å². The first kappa shape index (κ1) is 15.6. The van der Waals surface area contributed by atoms with Gasteiger partial charge in [0.2, 0.25) is 0 Å². The first-order chi connectivity index (χ1) is 10.0. The fourth-order valence-corrected chi connectivity index (χ4v) is 2.13. The van der Waals surface area contributed by atoms with Crippen molar-refractivity contribution in [2.75, 3.05) is 7.05 Å². The van der Waals surface area contributed by atoms with Gasteiger partial charge in [0.15, 0.2) is 5.75 Å². The smallest absolute Gasteiger partial charge is 0.273 e. The minimum atomic E-state index is -0.508. The van der Waals surface area contributed by atoms with Gasteiger partial charge in [0.25, 0.3) is 5.69 Å². The number of nitrogens with zero attached hydrogens (tertiary/aromatic N) is 1. The van der Waals surface area contributed by atoms with Gasteiger partial charge >= 0.3 is 0 Å². The van der Waals surface area contributed by atoms with E-state index >= 15 is 0 Å². The molecule has 0 amide bonds. The van der Waals surface area contributed by atoms with Crippen molar-refractivity contribution < 1.29 is 9.66 Å². The lowest BCUT2D eigenvalue weighted by atomic mass is 10.2. The minimum absolute atomic E-state index is 0.0905. The van der Waals surface area contributed by atoms with Crippen LogP contribution in [0.5, 0.6) is 11.5 Å². The van der Waals surface area contributed by atoms with Crippen LogP contribution in [0.25, 0.3) is 0 Å². The molecule has 0 aromatic heterocycles. The van der Waals surface area contributed by atoms with Gasteiger partial charge in [-0.1, -0.05) is 29.3 Å². The molecule has 7 heteroatoms. The summed E-state index contributed by atoms with van der Waals surface area (Å²) in [6.07, 6.45) is 0. The Morgan fingerprint density at radius 1 is 1.19 bits per heavy atom. The molecule has 0 saturated carbocycles. The lowest BCUT2D eigenvalue weighted by Crippen LogP contribution is -2.05. The monoisotopic (exact) mass is 326 g/mol. The Labute approximate surface area is 131 Å². The van der Waals surface area contributed by atoms with Gasteiger partial charge in [-0.15, -0.1) is 0 Å². The number of non-ortho nitro benzene ring substituents is 1. The molecule has 5 nitrogen and oxygen atoms in total. The van der Waals surface area contributed by atoms with E-state index < -0.39 is 4.92 Å². The van der Waals surface area contributed by atoms with Crippen LogP contribution in [-0.2, 0) is 6.54 Å². The SMILES string of the molecule is CNCc1ccc(Oc2cc([N+](=O)[O-])ccc2Cl)cc1Cl. The molecule has 0 fully saturated rings. The zero-order chi connectivity index (χ0) is 15.4. The van der Waals surface area contributed by atoms with Crippen LogP contribution in [0, 0.1) is 10.1 Å². The molecule has 2 aromatic carbocycles. The molecule has 0 atom stereocenters. The molecular weight excluding hydrogens is 315 g/mol. The van der Waals surface area contributed by atoms with Crippen LogP contribution >= 0.6 is 23.2 Å². The van der Waals surface area contributed by atoms with Gasteiger partial charge in [-0.05, 0) is 30.8 Å². The Morgan fingerprint density at radius 3 is 2.57 bits per heavy atom. The van der Waals surface area contributed by atoms with E-state index in [1.807, 2.05) is 13.1 Å². The Balaban J connectivity index is 2.27. The van der Waals surface area contributed by atoms with E-state index in [1.165, 1.54) is 18.2 Å². The number of nitro groups is 1. The van der Waals surface area contributed by atoms with Crippen LogP contribution in [0.2, 0.25) is 10.0 Å². The molecule has 21 heavy (non-hydrogen) atoms. The maximum Gasteiger partial charge on any atom is 0.273 e. The Bertz CT molecular complexity index is 677. The molecule has 110 valence electrons. The van der Waals surface area contributed by atoms with Crippen LogP contribution in [0.4, 0.5) is 5.69 Å². The predicted molar refractivity (Wildman–Crippen MR) is 82.4 cm³/mol. The molecule has 2 rings (SSSR count). The number of halogens is 2. The van der Waals surface area contributed by atoms with Crippen molar-refractivity contribution in [2.45, 2.75) is 6.54 Å². The number of rotatable bonds is 5. The second kappa shape index (κ2) is 6.76. The molecule has 0 aliphatic rings. The summed E-state index contributed by atoms with van der Waals surface area (Å²) in [7, 11) is 1.82. The van der Waals surface area contributed by atoms with Crippen molar-refractivity contribution in [2.24, 2.45) is 0 Å². The highest BCUT2D eigenvalue weighted by Gasteiger charge is 2.12. The normalized spacial score (nSPS) is 10.4. The van der Waals surface area contributed by atoms with Crippen LogP contribution < -0.4 is 10.1 Å². The number of hydrogen-bond donors (Lipinski definition) is 1. The lowest BCUT2D eigenvalue weighted by molar-refractivity contribution is -0.384. The summed E-state index contributed by atoms with van der Waals surface area (Å²) in [6.45, 7) is 0.636. The number of nitrogens with one attached hydrogen (secondary N) is 1. The van der Waals surface area contributed by atoms with Gasteiger partial charge in [-0.2, -0.15) is 0 Å². The highest BCUT2D eigenvalue weighted by molar-refractivity contribution is 6.32. The maximum atomic E-state index is 10.8. The molecule has 0 bridgehead atoms. The van der Waals surface area contributed by atoms with Gasteiger partial charge in [0.1, 0.15) is 5.75 Å². The van der Waals surface area contributed by atoms with Crippen molar-refractivity contribution in [3.63, 3.8) is 0 Å². The predicted octanol–water partition coefficient (Wildman–Crippen LogP) is 4.41. The van der Waals surface area contributed by atoms with Crippen LogP contribution in [0.3, 0.4) is 0 Å². The van der Waals surface area contributed by atoms with Crippen LogP contribution in [0.15, 0.2) is 36.4 Å². The molecule has 0 radical (unpaired) electrons. The number of nitro benzene ring substituents is 1. The summed E-state index contributed by atoms with van der Waals surface area (Å²) in [6, 6.07) is 9.21. The van der Waals surface area contributed by atoms with E-state index in [0.717, 1.165) is 5.56 Å². The fourth-order valence-electron chi connectivity index (χ4n) is 1.74. The average Bonchev–Trinajstić information content (AvgIpc) is 2.44. The number of hydrogen-bond acceptors (Lipinski definition) is 4. The van der Waals surface area contributed by atoms with Gasteiger partial charge in [0.05, 0.1) is 16.0 Å². The molecule has 0 aliphatic heterocycles. The Morgan fingerprint density at radius 2 is 1.95 bits per heavy atom. The molecule has 0 spiro atoms. The molecule has 1 N–H and O–H groups in total. The summed E-state index contributed by atoms with van der Waals surface area (Å²) in [5.41, 5.74) is 0.837. The molecule has 0 unspecified atom stereocenters. The summed E-state index contributed by atoms with van der Waals surface area (Å²) in [5.74, 6) is 0.672. The molecule has 2 aromatic rings. The van der Waals surface area contributed by atoms with E-state index in [2.05, 4.69) is 5.32 Å². The van der Waals surface area contributed by atoms with Crippen LogP contribution in [0.1, 0.15) is 5.56 Å². The van der Waals surface area contributed by atoms with Gasteiger partial charge in [-0.25, -0.2) is 0 Å². The Kier molecular flexibility index (Phi) is 5.01. The van der Waals surface area contributed by atoms with E-state index in [4.69, 9.17) is 27.9 Å². The van der Waals surface area contributed by atoms with E-state index in [0.29, 0.717) is 17.3 Å². The molecule has 0 heterocycles. The van der Waals surface area contributed by atoms with Gasteiger partial charge in [0, 0.05) is 17.6 Å². The molecule has 0 saturated heterocycles. The van der Waals surface area contributed by atoms with Gasteiger partial charge in [-0.3, -0.25) is 10.1 Å². The summed E-state index contributed by atoms with van der Waals surface area (Å²) >= 11 is 12.1. The van der Waals surface area contributed by atoms with E-state index in [9.17, 15) is 10.1 Å². The summed E-state index contributed by atoms with van der Waals surface area (Å²) in [5, 5.41) is 14.6. The first-order valence-electron chi connectivity index (χ1n) is 6.06. The second-order valence-corrected chi connectivity index (χ2v) is 5.07. The zero-order valence-electron chi connectivity index (χ0n) is 11.1. The third kappa shape index (κ3) is 3.85. The van der Waals surface area contributed by atoms with Crippen molar-refractivity contribution in [3.8, 4) is 11.5 Å². The molecular formula is C14H12Cl2N2O3. The largest absolute Gasteiger partial charge is 0.455 e. The summed E-state index contributed by atoms with van der Waals surface area (Å²) in [4.78, 5) is 10.3. The Hall–Kier alpha value is -1.82. The van der Waals surface area contributed by atoms with E-state index in [1.54, 1.807) is 12.1 Å². The standard InChI is InChI=1S/C14H12Cl2N2O3/c1-17-8-9-2-4-11(7-13(9)16)21-14-6-10(18(19)20)3-5-12(14)15/h2-7,17H,8H2,1H3. The van der Waals surface area contributed by atoms with Crippen LogP contribution in [-0.4, -0.2) is 12.0 Å². The maximum absolute atomic E-state index is 10.8. The fraction of sp³-hybridized carbons (Fsp3) is 0.143. The minimum Gasteiger partial charge on any atom is -0.455 e. The second-order valence-electron chi connectivity index (χ2n) is 4.26. The highest BCUT2D eigenvalue weighted by Crippen LogP contribution is 2.34. The topological polar surface area (TPSA) is 64.4 Å². The zero-order valence-corrected chi connectivity index (χ0v) is 12.6. The summed E-state index contributed by atoms with van der Waals surface area (Å²) < 4.78 is 5.57. The lowest BCUT2D eigenvalue weighted by Gasteiger charge is -2.10. The first-order valence-corrected chi connectivity index (χ1v) is 6.81. The molecule has 0 aliphatic carbocycles.